The molecule has 0 saturated heterocycles. The highest BCUT2D eigenvalue weighted by Crippen LogP contribution is 2.28. The van der Waals surface area contributed by atoms with Crippen molar-refractivity contribution in [1.29, 1.82) is 0 Å². The fourth-order valence-corrected chi connectivity index (χ4v) is 2.62. The molecule has 1 amide bonds. The third kappa shape index (κ3) is 3.42. The summed E-state index contributed by atoms with van der Waals surface area (Å²) in [6, 6.07) is 11.4. The van der Waals surface area contributed by atoms with Crippen LogP contribution >= 0.6 is 0 Å². The maximum Gasteiger partial charge on any atom is 0.278 e. The van der Waals surface area contributed by atoms with Crippen LogP contribution in [0, 0.1) is 19.7 Å². The molecule has 0 aliphatic heterocycles. The topological polar surface area (TPSA) is 69.0 Å². The molecule has 0 aliphatic rings. The average molecular weight is 354 g/mol. The quantitative estimate of drug-likeness (QED) is 0.759. The summed E-state index contributed by atoms with van der Waals surface area (Å²) in [6.45, 7) is 6.00. The van der Waals surface area contributed by atoms with Crippen molar-refractivity contribution in [3.8, 4) is 11.4 Å². The molecule has 0 spiro atoms. The zero-order chi connectivity index (χ0) is 18.7. The summed E-state index contributed by atoms with van der Waals surface area (Å²) in [5.41, 5.74) is 2.87. The van der Waals surface area contributed by atoms with E-state index in [1.807, 2.05) is 26.0 Å². The van der Waals surface area contributed by atoms with E-state index >= 15 is 0 Å². The first-order valence-electron chi connectivity index (χ1n) is 8.23. The third-order valence-electron chi connectivity index (χ3n) is 3.95. The molecule has 6 nitrogen and oxygen atoms in total. The molecule has 3 rings (SSSR count). The molecule has 0 radical (unpaired) electrons. The van der Waals surface area contributed by atoms with Crippen LogP contribution in [0.5, 0.6) is 5.75 Å². The van der Waals surface area contributed by atoms with E-state index < -0.39 is 0 Å². The van der Waals surface area contributed by atoms with Gasteiger partial charge < -0.3 is 10.1 Å². The van der Waals surface area contributed by atoms with Gasteiger partial charge in [-0.15, -0.1) is 5.10 Å². The predicted molar refractivity (Wildman–Crippen MR) is 96.4 cm³/mol. The van der Waals surface area contributed by atoms with Crippen LogP contribution in [0.4, 0.5) is 10.1 Å². The summed E-state index contributed by atoms with van der Waals surface area (Å²) in [4.78, 5) is 12.7. The van der Waals surface area contributed by atoms with Gasteiger partial charge in [-0.25, -0.2) is 9.07 Å². The Balaban J connectivity index is 1.89. The van der Waals surface area contributed by atoms with E-state index in [1.54, 1.807) is 25.1 Å². The smallest absolute Gasteiger partial charge is 0.278 e. The third-order valence-corrected chi connectivity index (χ3v) is 3.95. The van der Waals surface area contributed by atoms with Gasteiger partial charge in [0.15, 0.2) is 5.69 Å². The second kappa shape index (κ2) is 7.35. The lowest BCUT2D eigenvalue weighted by atomic mass is 10.1. The Morgan fingerprint density at radius 1 is 1.19 bits per heavy atom. The summed E-state index contributed by atoms with van der Waals surface area (Å²) < 4.78 is 20.2. The minimum Gasteiger partial charge on any atom is -0.492 e. The molecule has 0 saturated carbocycles. The second-order valence-corrected chi connectivity index (χ2v) is 5.75. The van der Waals surface area contributed by atoms with E-state index in [9.17, 15) is 9.18 Å². The van der Waals surface area contributed by atoms with Gasteiger partial charge in [0.05, 0.1) is 23.7 Å². The van der Waals surface area contributed by atoms with Gasteiger partial charge in [0, 0.05) is 0 Å². The van der Waals surface area contributed by atoms with E-state index in [0.717, 1.165) is 5.56 Å². The van der Waals surface area contributed by atoms with Gasteiger partial charge in [-0.05, 0) is 56.7 Å². The number of para-hydroxylation sites is 1. The molecule has 3 aromatic rings. The van der Waals surface area contributed by atoms with E-state index in [0.29, 0.717) is 29.4 Å². The minimum absolute atomic E-state index is 0.194. The molecule has 2 aromatic carbocycles. The monoisotopic (exact) mass is 354 g/mol. The van der Waals surface area contributed by atoms with Gasteiger partial charge in [-0.3, -0.25) is 4.79 Å². The Bertz CT molecular complexity index is 935. The first-order chi connectivity index (χ1) is 12.5. The number of nitrogens with zero attached hydrogens (tertiary/aromatic N) is 3. The maximum atomic E-state index is 13.1. The lowest BCUT2D eigenvalue weighted by Gasteiger charge is -2.13. The number of amides is 1. The number of anilines is 1. The molecular formula is C19H19FN4O2. The molecule has 1 heterocycles. The number of hydrogen-bond donors (Lipinski definition) is 1. The molecule has 0 bridgehead atoms. The fourth-order valence-electron chi connectivity index (χ4n) is 2.62. The Morgan fingerprint density at radius 3 is 2.62 bits per heavy atom. The number of nitrogens with one attached hydrogen (secondary N) is 1. The van der Waals surface area contributed by atoms with Crippen LogP contribution in [0.25, 0.3) is 5.69 Å². The van der Waals surface area contributed by atoms with Crippen molar-refractivity contribution in [2.75, 3.05) is 11.9 Å². The molecule has 0 atom stereocenters. The fraction of sp³-hybridized carbons (Fsp3) is 0.211. The summed E-state index contributed by atoms with van der Waals surface area (Å²) in [7, 11) is 0. The predicted octanol–water partition coefficient (Wildman–Crippen LogP) is 3.67. The van der Waals surface area contributed by atoms with Crippen LogP contribution in [0.3, 0.4) is 0 Å². The van der Waals surface area contributed by atoms with Crippen LogP contribution in [-0.4, -0.2) is 27.5 Å². The van der Waals surface area contributed by atoms with Crippen molar-refractivity contribution in [1.82, 2.24) is 15.0 Å². The summed E-state index contributed by atoms with van der Waals surface area (Å²) in [6.07, 6.45) is 0. The highest BCUT2D eigenvalue weighted by molar-refractivity contribution is 6.04. The second-order valence-electron chi connectivity index (χ2n) is 5.75. The molecule has 26 heavy (non-hydrogen) atoms. The van der Waals surface area contributed by atoms with Gasteiger partial charge in [0.25, 0.3) is 5.91 Å². The van der Waals surface area contributed by atoms with Crippen molar-refractivity contribution < 1.29 is 13.9 Å². The standard InChI is InChI=1S/C19H19FN4O2/c1-4-26-16-7-5-6-12(2)17(16)21-19(25)18-13(3)24(23-22-18)15-10-8-14(20)9-11-15/h5-11H,4H2,1-3H3,(H,21,25). The lowest BCUT2D eigenvalue weighted by Crippen LogP contribution is -2.16. The van der Waals surface area contributed by atoms with E-state index in [2.05, 4.69) is 15.6 Å². The number of carbonyl (C=O) groups excluding carboxylic acids is 1. The number of benzene rings is 2. The van der Waals surface area contributed by atoms with Gasteiger partial charge in [0.2, 0.25) is 0 Å². The number of rotatable bonds is 5. The van der Waals surface area contributed by atoms with Crippen LogP contribution < -0.4 is 10.1 Å². The van der Waals surface area contributed by atoms with Gasteiger partial charge in [-0.1, -0.05) is 17.3 Å². The van der Waals surface area contributed by atoms with E-state index in [-0.39, 0.29) is 17.4 Å². The van der Waals surface area contributed by atoms with Crippen LogP contribution in [0.15, 0.2) is 42.5 Å². The number of halogens is 1. The Hall–Kier alpha value is -3.22. The summed E-state index contributed by atoms with van der Waals surface area (Å²) in [5, 5.41) is 10.8. The first kappa shape index (κ1) is 17.6. The molecule has 7 heteroatoms. The Morgan fingerprint density at radius 2 is 1.92 bits per heavy atom. The van der Waals surface area contributed by atoms with Crippen LogP contribution in [0.2, 0.25) is 0 Å². The molecule has 0 aliphatic carbocycles. The Kier molecular flexibility index (Phi) is 4.97. The van der Waals surface area contributed by atoms with Crippen LogP contribution in [0.1, 0.15) is 28.7 Å². The number of aryl methyl sites for hydroxylation is 1. The van der Waals surface area contributed by atoms with Crippen molar-refractivity contribution in [3.63, 3.8) is 0 Å². The normalized spacial score (nSPS) is 10.6. The maximum absolute atomic E-state index is 13.1. The highest BCUT2D eigenvalue weighted by atomic mass is 19.1. The summed E-state index contributed by atoms with van der Waals surface area (Å²) >= 11 is 0. The van der Waals surface area contributed by atoms with Gasteiger partial charge in [-0.2, -0.15) is 0 Å². The van der Waals surface area contributed by atoms with Gasteiger partial charge in [0.1, 0.15) is 11.6 Å². The van der Waals surface area contributed by atoms with Crippen molar-refractivity contribution in [3.05, 3.63) is 65.2 Å². The lowest BCUT2D eigenvalue weighted by molar-refractivity contribution is 0.102. The van der Waals surface area contributed by atoms with Crippen molar-refractivity contribution >= 4 is 11.6 Å². The molecular weight excluding hydrogens is 335 g/mol. The highest BCUT2D eigenvalue weighted by Gasteiger charge is 2.19. The largest absolute Gasteiger partial charge is 0.492 e. The van der Waals surface area contributed by atoms with Gasteiger partial charge >= 0.3 is 0 Å². The zero-order valence-electron chi connectivity index (χ0n) is 14.8. The minimum atomic E-state index is -0.383. The van der Waals surface area contributed by atoms with E-state index in [4.69, 9.17) is 4.74 Å². The number of hydrogen-bond acceptors (Lipinski definition) is 4. The van der Waals surface area contributed by atoms with E-state index in [1.165, 1.54) is 16.8 Å². The summed E-state index contributed by atoms with van der Waals surface area (Å²) in [5.74, 6) is -0.122. The molecule has 1 N–H and O–H groups in total. The van der Waals surface area contributed by atoms with Crippen molar-refractivity contribution in [2.24, 2.45) is 0 Å². The number of carbonyl (C=O) groups is 1. The average Bonchev–Trinajstić information content (AvgIpc) is 3.00. The Labute approximate surface area is 150 Å². The molecule has 0 fully saturated rings. The van der Waals surface area contributed by atoms with Crippen LogP contribution in [-0.2, 0) is 0 Å². The SMILES string of the molecule is CCOc1cccc(C)c1NC(=O)c1nnn(-c2ccc(F)cc2)c1C. The molecule has 0 unspecified atom stereocenters. The zero-order valence-corrected chi connectivity index (χ0v) is 14.8. The van der Waals surface area contributed by atoms with Crippen molar-refractivity contribution in [2.45, 2.75) is 20.8 Å². The first-order valence-corrected chi connectivity index (χ1v) is 8.23. The molecule has 134 valence electrons. The molecule has 1 aromatic heterocycles. The number of aromatic nitrogens is 3. The number of ether oxygens (including phenoxy) is 1.